The van der Waals surface area contributed by atoms with Crippen LogP contribution in [0.25, 0.3) is 10.9 Å². The lowest BCUT2D eigenvalue weighted by Gasteiger charge is -2.14. The van der Waals surface area contributed by atoms with E-state index in [4.69, 9.17) is 0 Å². The Labute approximate surface area is 132 Å². The fraction of sp³-hybridized carbons (Fsp3) is 0.176. The Balaban J connectivity index is 2.01. The minimum Gasteiger partial charge on any atom is -0.345 e. The topological polar surface area (TPSA) is 51.1 Å². The van der Waals surface area contributed by atoms with E-state index in [1.807, 2.05) is 48.7 Å². The fourth-order valence-electron chi connectivity index (χ4n) is 2.48. The van der Waals surface area contributed by atoms with Crippen molar-refractivity contribution in [3.05, 3.63) is 68.6 Å². The number of amides is 1. The molecule has 3 aromatic rings. The molecule has 5 heteroatoms. The summed E-state index contributed by atoms with van der Waals surface area (Å²) in [7, 11) is 1.71. The number of carbonyl (C=O) groups excluding carboxylic acids is 1. The molecule has 4 nitrogen and oxygen atoms in total. The zero-order chi connectivity index (χ0) is 15.7. The smallest absolute Gasteiger partial charge is 0.252 e. The second-order valence-electron chi connectivity index (χ2n) is 5.18. The van der Waals surface area contributed by atoms with Crippen molar-refractivity contribution in [3.8, 4) is 0 Å². The van der Waals surface area contributed by atoms with Gasteiger partial charge in [-0.2, -0.15) is 0 Å². The molecule has 0 radical (unpaired) electrons. The van der Waals surface area contributed by atoms with E-state index < -0.39 is 0 Å². The van der Waals surface area contributed by atoms with Crippen LogP contribution in [0.2, 0.25) is 0 Å². The average molecular weight is 312 g/mol. The van der Waals surface area contributed by atoms with Gasteiger partial charge < -0.3 is 9.88 Å². The SMILES string of the molecule is C[C@H](NC(=O)c1cc(=O)n(C)c2ccccc12)c1cccs1. The quantitative estimate of drug-likeness (QED) is 0.808. The lowest BCUT2D eigenvalue weighted by atomic mass is 10.1. The van der Waals surface area contributed by atoms with Crippen LogP contribution in [0.1, 0.15) is 28.2 Å². The van der Waals surface area contributed by atoms with Gasteiger partial charge in [-0.25, -0.2) is 0 Å². The Kier molecular flexibility index (Phi) is 3.81. The standard InChI is InChI=1S/C17H16N2O2S/c1-11(15-8-5-9-22-15)18-17(21)13-10-16(20)19(2)14-7-4-3-6-12(13)14/h3-11H,1-2H3,(H,18,21)/t11-/m0/s1. The number of fused-ring (bicyclic) bond motifs is 1. The van der Waals surface area contributed by atoms with E-state index in [1.54, 1.807) is 23.0 Å². The first kappa shape index (κ1) is 14.5. The zero-order valence-electron chi connectivity index (χ0n) is 12.4. The highest BCUT2D eigenvalue weighted by Crippen LogP contribution is 2.20. The molecule has 2 aromatic heterocycles. The number of nitrogens with zero attached hydrogens (tertiary/aromatic N) is 1. The number of benzene rings is 1. The predicted molar refractivity (Wildman–Crippen MR) is 89.4 cm³/mol. The maximum atomic E-state index is 12.6. The molecule has 1 amide bonds. The molecule has 2 heterocycles. The number of hydrogen-bond donors (Lipinski definition) is 1. The van der Waals surface area contributed by atoms with Crippen molar-refractivity contribution >= 4 is 28.1 Å². The Morgan fingerprint density at radius 2 is 2.00 bits per heavy atom. The molecule has 1 aromatic carbocycles. The number of aromatic nitrogens is 1. The van der Waals surface area contributed by atoms with Crippen LogP contribution in [-0.2, 0) is 7.05 Å². The van der Waals surface area contributed by atoms with Gasteiger partial charge in [0.05, 0.1) is 17.1 Å². The van der Waals surface area contributed by atoms with Crippen LogP contribution in [0.15, 0.2) is 52.6 Å². The van der Waals surface area contributed by atoms with Gasteiger partial charge in [-0.3, -0.25) is 9.59 Å². The van der Waals surface area contributed by atoms with Crippen molar-refractivity contribution in [3.63, 3.8) is 0 Å². The Morgan fingerprint density at radius 1 is 1.23 bits per heavy atom. The van der Waals surface area contributed by atoms with Crippen LogP contribution in [0.5, 0.6) is 0 Å². The number of hydrogen-bond acceptors (Lipinski definition) is 3. The molecule has 0 aliphatic heterocycles. The lowest BCUT2D eigenvalue weighted by Crippen LogP contribution is -2.28. The second-order valence-corrected chi connectivity index (χ2v) is 6.16. The van der Waals surface area contributed by atoms with Crippen LogP contribution in [0.4, 0.5) is 0 Å². The summed E-state index contributed by atoms with van der Waals surface area (Å²) in [6, 6.07) is 12.7. The minimum absolute atomic E-state index is 0.0877. The third-order valence-electron chi connectivity index (χ3n) is 3.72. The van der Waals surface area contributed by atoms with E-state index in [1.165, 1.54) is 6.07 Å². The third kappa shape index (κ3) is 2.55. The molecule has 1 N–H and O–H groups in total. The molecular weight excluding hydrogens is 296 g/mol. The van der Waals surface area contributed by atoms with Crippen molar-refractivity contribution in [1.29, 1.82) is 0 Å². The lowest BCUT2D eigenvalue weighted by molar-refractivity contribution is 0.0942. The van der Waals surface area contributed by atoms with Gasteiger partial charge in [-0.1, -0.05) is 24.3 Å². The molecule has 0 aliphatic rings. The summed E-state index contributed by atoms with van der Waals surface area (Å²) < 4.78 is 1.55. The Bertz CT molecular complexity index is 881. The summed E-state index contributed by atoms with van der Waals surface area (Å²) in [5.41, 5.74) is 0.985. The number of thiophene rings is 1. The fourth-order valence-corrected chi connectivity index (χ4v) is 3.22. The molecule has 112 valence electrons. The highest BCUT2D eigenvalue weighted by molar-refractivity contribution is 7.10. The Morgan fingerprint density at radius 3 is 2.73 bits per heavy atom. The van der Waals surface area contributed by atoms with Crippen LogP contribution in [-0.4, -0.2) is 10.5 Å². The van der Waals surface area contributed by atoms with Crippen molar-refractivity contribution in [1.82, 2.24) is 9.88 Å². The number of rotatable bonds is 3. The van der Waals surface area contributed by atoms with Gasteiger partial charge >= 0.3 is 0 Å². The van der Waals surface area contributed by atoms with E-state index >= 15 is 0 Å². The van der Waals surface area contributed by atoms with Crippen molar-refractivity contribution in [2.75, 3.05) is 0 Å². The first-order valence-corrected chi connectivity index (χ1v) is 7.89. The van der Waals surface area contributed by atoms with Crippen LogP contribution in [0.3, 0.4) is 0 Å². The largest absolute Gasteiger partial charge is 0.345 e. The van der Waals surface area contributed by atoms with Gasteiger partial charge in [-0.05, 0) is 24.4 Å². The summed E-state index contributed by atoms with van der Waals surface area (Å²) in [6.07, 6.45) is 0. The number of nitrogens with one attached hydrogen (secondary N) is 1. The molecule has 0 bridgehead atoms. The predicted octanol–water partition coefficient (Wildman–Crippen LogP) is 3.09. The van der Waals surface area contributed by atoms with E-state index in [-0.39, 0.29) is 17.5 Å². The monoisotopic (exact) mass is 312 g/mol. The molecular formula is C17H16N2O2S. The van der Waals surface area contributed by atoms with Gasteiger partial charge in [0.25, 0.3) is 11.5 Å². The number of aryl methyl sites for hydroxylation is 1. The summed E-state index contributed by atoms with van der Waals surface area (Å²) >= 11 is 1.60. The van der Waals surface area contributed by atoms with E-state index in [9.17, 15) is 9.59 Å². The van der Waals surface area contributed by atoms with Gasteiger partial charge in [0.2, 0.25) is 0 Å². The molecule has 0 saturated carbocycles. The molecule has 0 fully saturated rings. The van der Waals surface area contributed by atoms with Gasteiger partial charge in [-0.15, -0.1) is 11.3 Å². The normalized spacial score (nSPS) is 12.3. The maximum absolute atomic E-state index is 12.6. The van der Waals surface area contributed by atoms with Crippen LogP contribution < -0.4 is 10.9 Å². The summed E-state index contributed by atoms with van der Waals surface area (Å²) in [6.45, 7) is 1.94. The molecule has 1 atom stereocenters. The second kappa shape index (κ2) is 5.77. The van der Waals surface area contributed by atoms with Gasteiger partial charge in [0.1, 0.15) is 0 Å². The molecule has 22 heavy (non-hydrogen) atoms. The molecule has 0 unspecified atom stereocenters. The molecule has 3 rings (SSSR count). The van der Waals surface area contributed by atoms with Gasteiger partial charge in [0.15, 0.2) is 0 Å². The van der Waals surface area contributed by atoms with E-state index in [2.05, 4.69) is 5.32 Å². The van der Waals surface area contributed by atoms with E-state index in [0.29, 0.717) is 5.56 Å². The number of carbonyl (C=O) groups is 1. The number of para-hydroxylation sites is 1. The molecule has 0 saturated heterocycles. The molecule has 0 aliphatic carbocycles. The average Bonchev–Trinajstić information content (AvgIpc) is 3.05. The van der Waals surface area contributed by atoms with Crippen LogP contribution >= 0.6 is 11.3 Å². The molecule has 0 spiro atoms. The van der Waals surface area contributed by atoms with Gasteiger partial charge in [0, 0.05) is 23.4 Å². The summed E-state index contributed by atoms with van der Waals surface area (Å²) in [4.78, 5) is 25.7. The van der Waals surface area contributed by atoms with Crippen molar-refractivity contribution in [2.24, 2.45) is 7.05 Å². The first-order valence-electron chi connectivity index (χ1n) is 7.01. The minimum atomic E-state index is -0.227. The summed E-state index contributed by atoms with van der Waals surface area (Å²) in [5.74, 6) is -0.227. The third-order valence-corrected chi connectivity index (χ3v) is 4.77. The maximum Gasteiger partial charge on any atom is 0.252 e. The van der Waals surface area contributed by atoms with Crippen molar-refractivity contribution in [2.45, 2.75) is 13.0 Å². The van der Waals surface area contributed by atoms with Crippen LogP contribution in [0, 0.1) is 0 Å². The zero-order valence-corrected chi connectivity index (χ0v) is 13.2. The highest BCUT2D eigenvalue weighted by Gasteiger charge is 2.16. The number of pyridine rings is 1. The Hall–Kier alpha value is -2.40. The highest BCUT2D eigenvalue weighted by atomic mass is 32.1. The van der Waals surface area contributed by atoms with E-state index in [0.717, 1.165) is 15.8 Å². The first-order chi connectivity index (χ1) is 10.6. The summed E-state index contributed by atoms with van der Waals surface area (Å²) in [5, 5.41) is 5.72. The van der Waals surface area contributed by atoms with Crippen molar-refractivity contribution < 1.29 is 4.79 Å².